The molecule has 1 N–H and O–H groups in total. The first-order valence-electron chi connectivity index (χ1n) is 3.20. The minimum absolute atomic E-state index is 0.449. The molecule has 0 aromatic carbocycles. The van der Waals surface area contributed by atoms with Crippen LogP contribution in [0.1, 0.15) is 19.8 Å². The Morgan fingerprint density at radius 1 is 1.75 bits per heavy atom. The molecule has 0 aromatic rings. The highest BCUT2D eigenvalue weighted by Crippen LogP contribution is 2.11. The van der Waals surface area contributed by atoms with E-state index in [1.807, 2.05) is 0 Å². The van der Waals surface area contributed by atoms with E-state index in [1.54, 1.807) is 0 Å². The van der Waals surface area contributed by atoms with Gasteiger partial charge in [0.2, 0.25) is 0 Å². The fraction of sp³-hybridized carbons (Fsp3) is 1.00. The molecule has 0 radical (unpaired) electrons. The fourth-order valence-electron chi connectivity index (χ4n) is 1.08. The molecule has 0 aliphatic carbocycles. The molecule has 1 nitrogen and oxygen atoms in total. The highest BCUT2D eigenvalue weighted by molar-refractivity contribution is 4.79. The van der Waals surface area contributed by atoms with E-state index >= 15 is 0 Å². The van der Waals surface area contributed by atoms with E-state index in [4.69, 9.17) is 0 Å². The molecule has 0 saturated carbocycles. The maximum absolute atomic E-state index is 12.3. The standard InChI is InChI=1S/C6H12FN/c1-2-6-3-5(7)4-8-6/h5-6,8H,2-4H2,1H3/t5?,6-/m1/s1. The lowest BCUT2D eigenvalue weighted by atomic mass is 10.2. The largest absolute Gasteiger partial charge is 0.311 e. The van der Waals surface area contributed by atoms with Crippen LogP contribution in [-0.4, -0.2) is 18.8 Å². The Kier molecular flexibility index (Phi) is 1.84. The zero-order chi connectivity index (χ0) is 5.98. The molecule has 1 saturated heterocycles. The quantitative estimate of drug-likeness (QED) is 0.542. The Morgan fingerprint density at radius 2 is 2.50 bits per heavy atom. The van der Waals surface area contributed by atoms with Gasteiger partial charge in [0.15, 0.2) is 0 Å². The first-order chi connectivity index (χ1) is 3.83. The van der Waals surface area contributed by atoms with Crippen molar-refractivity contribution in [1.29, 1.82) is 0 Å². The van der Waals surface area contributed by atoms with Crippen LogP contribution in [-0.2, 0) is 0 Å². The highest BCUT2D eigenvalue weighted by Gasteiger charge is 2.20. The topological polar surface area (TPSA) is 12.0 Å². The molecule has 2 atom stereocenters. The molecule has 1 heterocycles. The summed E-state index contributed by atoms with van der Waals surface area (Å²) >= 11 is 0. The van der Waals surface area contributed by atoms with Crippen LogP contribution in [0.4, 0.5) is 4.39 Å². The third-order valence-corrected chi connectivity index (χ3v) is 1.66. The van der Waals surface area contributed by atoms with Gasteiger partial charge < -0.3 is 5.32 Å². The van der Waals surface area contributed by atoms with Gasteiger partial charge in [-0.05, 0) is 12.8 Å². The molecule has 0 bridgehead atoms. The number of halogens is 1. The average Bonchev–Trinajstić information content (AvgIpc) is 2.14. The summed E-state index contributed by atoms with van der Waals surface area (Å²) in [6, 6.07) is 0.449. The third-order valence-electron chi connectivity index (χ3n) is 1.66. The zero-order valence-corrected chi connectivity index (χ0v) is 5.15. The van der Waals surface area contributed by atoms with Gasteiger partial charge in [0.25, 0.3) is 0 Å². The van der Waals surface area contributed by atoms with Crippen LogP contribution < -0.4 is 5.32 Å². The number of nitrogens with one attached hydrogen (secondary N) is 1. The van der Waals surface area contributed by atoms with Crippen molar-refractivity contribution in [1.82, 2.24) is 5.32 Å². The summed E-state index contributed by atoms with van der Waals surface area (Å²) in [5.41, 5.74) is 0. The Labute approximate surface area is 49.3 Å². The van der Waals surface area contributed by atoms with E-state index < -0.39 is 6.17 Å². The third kappa shape index (κ3) is 1.19. The van der Waals surface area contributed by atoms with Gasteiger partial charge in [-0.25, -0.2) is 4.39 Å². The summed E-state index contributed by atoms with van der Waals surface area (Å²) < 4.78 is 12.3. The molecule has 2 heteroatoms. The molecule has 1 aliphatic heterocycles. The first kappa shape index (κ1) is 6.02. The van der Waals surface area contributed by atoms with Crippen LogP contribution in [0.2, 0.25) is 0 Å². The van der Waals surface area contributed by atoms with E-state index in [9.17, 15) is 4.39 Å². The van der Waals surface area contributed by atoms with Crippen LogP contribution in [0.25, 0.3) is 0 Å². The first-order valence-corrected chi connectivity index (χ1v) is 3.20. The molecule has 8 heavy (non-hydrogen) atoms. The van der Waals surface area contributed by atoms with Crippen molar-refractivity contribution in [3.8, 4) is 0 Å². The number of hydrogen-bond donors (Lipinski definition) is 1. The van der Waals surface area contributed by atoms with Crippen molar-refractivity contribution in [3.05, 3.63) is 0 Å². The van der Waals surface area contributed by atoms with E-state index in [-0.39, 0.29) is 0 Å². The van der Waals surface area contributed by atoms with Crippen LogP contribution in [0.15, 0.2) is 0 Å². The summed E-state index contributed by atoms with van der Waals surface area (Å²) in [6.45, 7) is 2.65. The lowest BCUT2D eigenvalue weighted by Crippen LogP contribution is -2.19. The molecule has 1 aliphatic rings. The molecular weight excluding hydrogens is 105 g/mol. The molecule has 0 amide bonds. The molecule has 1 rings (SSSR count). The van der Waals surface area contributed by atoms with Crippen LogP contribution >= 0.6 is 0 Å². The van der Waals surface area contributed by atoms with Gasteiger partial charge in [0.05, 0.1) is 0 Å². The van der Waals surface area contributed by atoms with Gasteiger partial charge >= 0.3 is 0 Å². The van der Waals surface area contributed by atoms with Gasteiger partial charge in [0.1, 0.15) is 6.17 Å². The van der Waals surface area contributed by atoms with Crippen molar-refractivity contribution in [2.45, 2.75) is 32.0 Å². The van der Waals surface area contributed by atoms with E-state index in [1.165, 1.54) is 0 Å². The second kappa shape index (κ2) is 2.44. The Hall–Kier alpha value is -0.110. The Bertz CT molecular complexity index is 74.9. The highest BCUT2D eigenvalue weighted by atomic mass is 19.1. The summed E-state index contributed by atoms with van der Waals surface area (Å²) in [5, 5.41) is 3.08. The van der Waals surface area contributed by atoms with Crippen molar-refractivity contribution < 1.29 is 4.39 Å². The summed E-state index contributed by atoms with van der Waals surface area (Å²) in [7, 11) is 0. The van der Waals surface area contributed by atoms with Crippen molar-refractivity contribution in [2.24, 2.45) is 0 Å². The second-order valence-electron chi connectivity index (χ2n) is 2.35. The minimum Gasteiger partial charge on any atom is -0.311 e. The lowest BCUT2D eigenvalue weighted by molar-refractivity contribution is 0.354. The Balaban J connectivity index is 2.22. The minimum atomic E-state index is -0.583. The predicted octanol–water partition coefficient (Wildman–Crippen LogP) is 1.10. The predicted molar refractivity (Wildman–Crippen MR) is 31.6 cm³/mol. The Morgan fingerprint density at radius 3 is 2.75 bits per heavy atom. The maximum atomic E-state index is 12.3. The normalized spacial score (nSPS) is 38.2. The van der Waals surface area contributed by atoms with Gasteiger partial charge in [-0.15, -0.1) is 0 Å². The average molecular weight is 117 g/mol. The van der Waals surface area contributed by atoms with E-state index in [0.29, 0.717) is 12.6 Å². The van der Waals surface area contributed by atoms with Gasteiger partial charge in [-0.2, -0.15) is 0 Å². The van der Waals surface area contributed by atoms with Crippen LogP contribution in [0.5, 0.6) is 0 Å². The maximum Gasteiger partial charge on any atom is 0.114 e. The summed E-state index contributed by atoms with van der Waals surface area (Å²) in [5.74, 6) is 0. The van der Waals surface area contributed by atoms with Crippen molar-refractivity contribution in [2.75, 3.05) is 6.54 Å². The van der Waals surface area contributed by atoms with Crippen molar-refractivity contribution in [3.63, 3.8) is 0 Å². The molecule has 1 unspecified atom stereocenters. The smallest absolute Gasteiger partial charge is 0.114 e. The van der Waals surface area contributed by atoms with Crippen LogP contribution in [0, 0.1) is 0 Å². The van der Waals surface area contributed by atoms with Gasteiger partial charge in [0, 0.05) is 12.6 Å². The number of rotatable bonds is 1. The summed E-state index contributed by atoms with van der Waals surface area (Å²) in [6.07, 6.45) is 1.19. The molecular formula is C6H12FN. The number of alkyl halides is 1. The molecule has 48 valence electrons. The monoisotopic (exact) mass is 117 g/mol. The lowest BCUT2D eigenvalue weighted by Gasteiger charge is -2.02. The second-order valence-corrected chi connectivity index (χ2v) is 2.35. The number of hydrogen-bond acceptors (Lipinski definition) is 1. The summed E-state index contributed by atoms with van der Waals surface area (Å²) in [4.78, 5) is 0. The van der Waals surface area contributed by atoms with Crippen LogP contribution in [0.3, 0.4) is 0 Å². The molecule has 0 spiro atoms. The van der Waals surface area contributed by atoms with E-state index in [2.05, 4.69) is 12.2 Å². The van der Waals surface area contributed by atoms with Gasteiger partial charge in [-0.3, -0.25) is 0 Å². The van der Waals surface area contributed by atoms with Gasteiger partial charge in [-0.1, -0.05) is 6.92 Å². The van der Waals surface area contributed by atoms with Crippen molar-refractivity contribution >= 4 is 0 Å². The molecule has 1 fully saturated rings. The fourth-order valence-corrected chi connectivity index (χ4v) is 1.08. The SMILES string of the molecule is CC[C@@H]1CC(F)CN1. The van der Waals surface area contributed by atoms with E-state index in [0.717, 1.165) is 12.8 Å². The zero-order valence-electron chi connectivity index (χ0n) is 5.15. The molecule has 0 aromatic heterocycles.